The van der Waals surface area contributed by atoms with Gasteiger partial charge in [0, 0.05) is 34.4 Å². The summed E-state index contributed by atoms with van der Waals surface area (Å²) in [5, 5.41) is 2.70. The highest BCUT2D eigenvalue weighted by atomic mass is 35.5. The monoisotopic (exact) mass is 324 g/mol. The second kappa shape index (κ2) is 6.88. The zero-order valence-corrected chi connectivity index (χ0v) is 12.4. The molecule has 0 spiro atoms. The van der Waals surface area contributed by atoms with Gasteiger partial charge in [-0.25, -0.2) is 17.9 Å². The molecule has 6 nitrogen and oxygen atoms in total. The molecule has 1 rings (SSSR count). The van der Waals surface area contributed by atoms with Crippen LogP contribution in [0.4, 0.5) is 4.79 Å². The van der Waals surface area contributed by atoms with Crippen LogP contribution in [0.5, 0.6) is 0 Å². The Morgan fingerprint density at radius 2 is 1.89 bits per heavy atom. The zero-order chi connectivity index (χ0) is 14.5. The summed E-state index contributed by atoms with van der Waals surface area (Å²) in [4.78, 5) is 11.3. The summed E-state index contributed by atoms with van der Waals surface area (Å²) in [6.45, 7) is 0.130. The summed E-state index contributed by atoms with van der Waals surface area (Å²) < 4.78 is 36.2. The van der Waals surface area contributed by atoms with Crippen LogP contribution in [0, 0.1) is 0 Å². The Morgan fingerprint density at radius 3 is 2.42 bits per heavy atom. The van der Waals surface area contributed by atoms with Gasteiger partial charge in [0.25, 0.3) is 10.0 Å². The Bertz CT molecular complexity index is 572. The largest absolute Gasteiger partial charge is 0.336 e. The van der Waals surface area contributed by atoms with Crippen LogP contribution < -0.4 is 10.0 Å². The number of carbonyl (C=O) groups excluding carboxylic acids is 1. The van der Waals surface area contributed by atoms with Crippen molar-refractivity contribution in [1.29, 1.82) is 0 Å². The fraction of sp³-hybridized carbons (Fsp3) is 0.300. The zero-order valence-electron chi connectivity index (χ0n) is 10.1. The van der Waals surface area contributed by atoms with Crippen LogP contribution in [-0.2, 0) is 20.8 Å². The SMILES string of the molecule is CS(=O)CCNC(=O)NS(=O)(=O)c1ccc(Cl)cc1. The van der Waals surface area contributed by atoms with Gasteiger partial charge in [0.1, 0.15) is 0 Å². The van der Waals surface area contributed by atoms with Crippen molar-refractivity contribution in [3.05, 3.63) is 29.3 Å². The summed E-state index contributed by atoms with van der Waals surface area (Å²) in [5.74, 6) is 0.258. The van der Waals surface area contributed by atoms with Crippen LogP contribution >= 0.6 is 11.6 Å². The third-order valence-corrected chi connectivity index (χ3v) is 4.40. The van der Waals surface area contributed by atoms with E-state index in [1.54, 1.807) is 0 Å². The highest BCUT2D eigenvalue weighted by Gasteiger charge is 2.16. The van der Waals surface area contributed by atoms with Crippen molar-refractivity contribution in [2.24, 2.45) is 0 Å². The number of nitrogens with one attached hydrogen (secondary N) is 2. The summed E-state index contributed by atoms with van der Waals surface area (Å²) in [5.41, 5.74) is 0. The topological polar surface area (TPSA) is 92.3 Å². The van der Waals surface area contributed by atoms with E-state index < -0.39 is 26.9 Å². The van der Waals surface area contributed by atoms with Crippen molar-refractivity contribution in [1.82, 2.24) is 10.0 Å². The molecule has 0 heterocycles. The molecule has 0 bridgehead atoms. The molecule has 0 radical (unpaired) electrons. The number of carbonyl (C=O) groups is 1. The Morgan fingerprint density at radius 1 is 1.32 bits per heavy atom. The van der Waals surface area contributed by atoms with Crippen molar-refractivity contribution >= 4 is 38.5 Å². The maximum absolute atomic E-state index is 11.8. The minimum Gasteiger partial charge on any atom is -0.336 e. The number of halogens is 1. The molecule has 1 aromatic rings. The van der Waals surface area contributed by atoms with Crippen LogP contribution in [0.25, 0.3) is 0 Å². The number of hydrogen-bond acceptors (Lipinski definition) is 4. The van der Waals surface area contributed by atoms with Crippen molar-refractivity contribution in [3.63, 3.8) is 0 Å². The van der Waals surface area contributed by atoms with E-state index in [9.17, 15) is 17.4 Å². The highest BCUT2D eigenvalue weighted by molar-refractivity contribution is 7.90. The number of rotatable bonds is 5. The Kier molecular flexibility index (Phi) is 5.77. The van der Waals surface area contributed by atoms with Gasteiger partial charge in [0.05, 0.1) is 4.90 Å². The van der Waals surface area contributed by atoms with Gasteiger partial charge in [-0.2, -0.15) is 0 Å². The van der Waals surface area contributed by atoms with Gasteiger partial charge in [-0.1, -0.05) is 11.6 Å². The number of amides is 2. The van der Waals surface area contributed by atoms with Gasteiger partial charge in [0.2, 0.25) is 0 Å². The van der Waals surface area contributed by atoms with Crippen LogP contribution in [-0.4, -0.2) is 37.2 Å². The summed E-state index contributed by atoms with van der Waals surface area (Å²) in [6, 6.07) is 4.54. The lowest BCUT2D eigenvalue weighted by molar-refractivity contribution is 0.246. The van der Waals surface area contributed by atoms with E-state index in [0.717, 1.165) is 0 Å². The minimum atomic E-state index is -3.92. The number of hydrogen-bond donors (Lipinski definition) is 2. The number of sulfonamides is 1. The van der Waals surface area contributed by atoms with E-state index in [1.807, 2.05) is 4.72 Å². The quantitative estimate of drug-likeness (QED) is 0.834. The van der Waals surface area contributed by atoms with E-state index in [4.69, 9.17) is 11.6 Å². The Balaban J connectivity index is 2.62. The van der Waals surface area contributed by atoms with Gasteiger partial charge >= 0.3 is 6.03 Å². The van der Waals surface area contributed by atoms with Crippen molar-refractivity contribution in [2.45, 2.75) is 4.90 Å². The molecule has 0 aromatic heterocycles. The second-order valence-electron chi connectivity index (χ2n) is 3.59. The van der Waals surface area contributed by atoms with Crippen molar-refractivity contribution in [3.8, 4) is 0 Å². The molecule has 0 fully saturated rings. The first-order valence-corrected chi connectivity index (χ1v) is 8.76. The van der Waals surface area contributed by atoms with Crippen LogP contribution in [0.2, 0.25) is 5.02 Å². The van der Waals surface area contributed by atoms with Crippen LogP contribution in [0.15, 0.2) is 29.2 Å². The maximum Gasteiger partial charge on any atom is 0.328 e. The minimum absolute atomic E-state index is 0.0638. The molecule has 1 aromatic carbocycles. The smallest absolute Gasteiger partial charge is 0.328 e. The van der Waals surface area contributed by atoms with E-state index in [1.165, 1.54) is 30.5 Å². The Labute approximate surface area is 119 Å². The molecule has 1 atom stereocenters. The lowest BCUT2D eigenvalue weighted by Gasteiger charge is -2.08. The first-order chi connectivity index (χ1) is 8.81. The molecule has 106 valence electrons. The normalized spacial score (nSPS) is 12.7. The van der Waals surface area contributed by atoms with E-state index in [0.29, 0.717) is 5.02 Å². The first kappa shape index (κ1) is 15.9. The van der Waals surface area contributed by atoms with Gasteiger partial charge in [-0.15, -0.1) is 0 Å². The molecule has 0 saturated carbocycles. The molecular weight excluding hydrogens is 312 g/mol. The predicted octanol–water partition coefficient (Wildman–Crippen LogP) is 0.706. The lowest BCUT2D eigenvalue weighted by Crippen LogP contribution is -2.40. The summed E-state index contributed by atoms with van der Waals surface area (Å²) in [7, 11) is -4.97. The molecule has 19 heavy (non-hydrogen) atoms. The number of benzene rings is 1. The third-order valence-electron chi connectivity index (χ3n) is 2.03. The first-order valence-electron chi connectivity index (χ1n) is 5.17. The molecule has 0 aliphatic heterocycles. The van der Waals surface area contributed by atoms with Crippen molar-refractivity contribution in [2.75, 3.05) is 18.6 Å². The summed E-state index contributed by atoms with van der Waals surface area (Å²) >= 11 is 5.64. The lowest BCUT2D eigenvalue weighted by atomic mass is 10.4. The third kappa shape index (κ3) is 5.58. The molecule has 2 N–H and O–H groups in total. The van der Waals surface area contributed by atoms with Crippen molar-refractivity contribution < 1.29 is 17.4 Å². The average molecular weight is 325 g/mol. The molecule has 0 saturated heterocycles. The van der Waals surface area contributed by atoms with E-state index in [-0.39, 0.29) is 17.2 Å². The average Bonchev–Trinajstić information content (AvgIpc) is 2.28. The van der Waals surface area contributed by atoms with Gasteiger partial charge in [0.15, 0.2) is 0 Å². The Hall–Kier alpha value is -1.12. The molecule has 0 aliphatic carbocycles. The predicted molar refractivity (Wildman–Crippen MR) is 74.1 cm³/mol. The molecular formula is C10H13ClN2O4S2. The van der Waals surface area contributed by atoms with Crippen LogP contribution in [0.3, 0.4) is 0 Å². The number of urea groups is 1. The highest BCUT2D eigenvalue weighted by Crippen LogP contribution is 2.13. The second-order valence-corrected chi connectivity index (χ2v) is 7.27. The fourth-order valence-corrected chi connectivity index (χ4v) is 2.58. The van der Waals surface area contributed by atoms with E-state index >= 15 is 0 Å². The fourth-order valence-electron chi connectivity index (χ4n) is 1.14. The molecule has 0 aliphatic rings. The van der Waals surface area contributed by atoms with Gasteiger partial charge in [-0.3, -0.25) is 4.21 Å². The van der Waals surface area contributed by atoms with Crippen LogP contribution in [0.1, 0.15) is 0 Å². The van der Waals surface area contributed by atoms with Gasteiger partial charge < -0.3 is 5.32 Å². The maximum atomic E-state index is 11.8. The van der Waals surface area contributed by atoms with Gasteiger partial charge in [-0.05, 0) is 24.3 Å². The molecule has 1 unspecified atom stereocenters. The standard InChI is InChI=1S/C10H13ClN2O4S2/c1-18(15)7-6-12-10(14)13-19(16,17)9-4-2-8(11)3-5-9/h2-5H,6-7H2,1H3,(H2,12,13,14). The molecule has 2 amide bonds. The molecule has 9 heteroatoms. The van der Waals surface area contributed by atoms with E-state index in [2.05, 4.69) is 5.32 Å². The summed E-state index contributed by atoms with van der Waals surface area (Å²) in [6.07, 6.45) is 1.49.